The molecule has 1 aromatic heterocycles. The maximum absolute atomic E-state index is 12.7. The molecule has 0 spiro atoms. The van der Waals surface area contributed by atoms with E-state index in [0.29, 0.717) is 43.2 Å². The lowest BCUT2D eigenvalue weighted by molar-refractivity contribution is 0.0504. The molecule has 0 saturated heterocycles. The van der Waals surface area contributed by atoms with E-state index in [1.165, 1.54) is 7.11 Å². The molecule has 2 aromatic rings. The maximum Gasteiger partial charge on any atom is 0.270 e. The largest absolute Gasteiger partial charge is 0.496 e. The van der Waals surface area contributed by atoms with Gasteiger partial charge in [-0.3, -0.25) is 9.59 Å². The lowest BCUT2D eigenvalue weighted by Crippen LogP contribution is -2.53. The first-order valence-corrected chi connectivity index (χ1v) is 8.52. The number of rotatable bonds is 7. The first-order chi connectivity index (χ1) is 12.7. The third-order valence-corrected chi connectivity index (χ3v) is 4.54. The van der Waals surface area contributed by atoms with Crippen molar-refractivity contribution in [3.63, 3.8) is 0 Å². The van der Waals surface area contributed by atoms with E-state index >= 15 is 0 Å². The minimum atomic E-state index is -0.222. The molecule has 0 bridgehead atoms. The van der Waals surface area contributed by atoms with Crippen LogP contribution < -0.4 is 10.1 Å². The van der Waals surface area contributed by atoms with Crippen molar-refractivity contribution < 1.29 is 19.1 Å². The number of aromatic nitrogens is 1. The van der Waals surface area contributed by atoms with Crippen molar-refractivity contribution in [2.45, 2.75) is 12.6 Å². The van der Waals surface area contributed by atoms with Crippen LogP contribution in [0.1, 0.15) is 20.8 Å². The molecule has 2 heterocycles. The fourth-order valence-corrected chi connectivity index (χ4v) is 3.19. The third-order valence-electron chi connectivity index (χ3n) is 4.54. The molecule has 138 valence electrons. The molecular weight excluding hydrogens is 334 g/mol. The summed E-state index contributed by atoms with van der Waals surface area (Å²) in [6, 6.07) is 10.6. The Kier molecular flexibility index (Phi) is 5.58. The van der Waals surface area contributed by atoms with Gasteiger partial charge in [-0.2, -0.15) is 0 Å². The Morgan fingerprint density at radius 1 is 1.23 bits per heavy atom. The summed E-state index contributed by atoms with van der Waals surface area (Å²) in [6.45, 7) is 1.91. The Hall–Kier alpha value is -2.80. The summed E-state index contributed by atoms with van der Waals surface area (Å²) < 4.78 is 12.3. The molecule has 1 N–H and O–H groups in total. The van der Waals surface area contributed by atoms with E-state index in [1.54, 1.807) is 30.2 Å². The van der Waals surface area contributed by atoms with Crippen molar-refractivity contribution in [1.29, 1.82) is 0 Å². The Morgan fingerprint density at radius 2 is 2.04 bits per heavy atom. The average molecular weight is 357 g/mol. The van der Waals surface area contributed by atoms with Gasteiger partial charge in [0.15, 0.2) is 0 Å². The number of carbonyl (C=O) groups is 2. The van der Waals surface area contributed by atoms with Gasteiger partial charge in [0.25, 0.3) is 11.8 Å². The highest BCUT2D eigenvalue weighted by molar-refractivity contribution is 5.97. The summed E-state index contributed by atoms with van der Waals surface area (Å²) >= 11 is 0. The van der Waals surface area contributed by atoms with E-state index < -0.39 is 0 Å². The molecular formula is C19H23N3O4. The minimum Gasteiger partial charge on any atom is -0.496 e. The molecule has 1 aliphatic rings. The standard InChI is InChI=1S/C19H23N3O4/c1-25-11-10-22-14(13-21-9-5-7-16(21)19(22)24)12-20-18(23)15-6-3-4-8-17(15)26-2/h3-9,14H,10-13H2,1-2H3,(H,20,23). The summed E-state index contributed by atoms with van der Waals surface area (Å²) in [5.41, 5.74) is 1.13. The molecule has 1 aliphatic heterocycles. The number of nitrogens with zero attached hydrogens (tertiary/aromatic N) is 2. The van der Waals surface area contributed by atoms with Gasteiger partial charge in [-0.1, -0.05) is 12.1 Å². The number of carbonyl (C=O) groups excluding carboxylic acids is 2. The number of methoxy groups -OCH3 is 2. The van der Waals surface area contributed by atoms with Crippen LogP contribution in [0.4, 0.5) is 0 Å². The Labute approximate surface area is 152 Å². The highest BCUT2D eigenvalue weighted by Crippen LogP contribution is 2.19. The molecule has 1 unspecified atom stereocenters. The molecule has 0 aliphatic carbocycles. The van der Waals surface area contributed by atoms with Gasteiger partial charge in [-0.25, -0.2) is 0 Å². The van der Waals surface area contributed by atoms with Crippen LogP contribution in [0.3, 0.4) is 0 Å². The van der Waals surface area contributed by atoms with Gasteiger partial charge in [0.1, 0.15) is 11.4 Å². The topological polar surface area (TPSA) is 72.8 Å². The van der Waals surface area contributed by atoms with E-state index in [-0.39, 0.29) is 17.9 Å². The molecule has 1 aromatic carbocycles. The molecule has 7 nitrogen and oxygen atoms in total. The summed E-state index contributed by atoms with van der Waals surface area (Å²) in [5.74, 6) is 0.253. The Balaban J connectivity index is 1.72. The average Bonchev–Trinajstić information content (AvgIpc) is 3.14. The second kappa shape index (κ2) is 8.05. The van der Waals surface area contributed by atoms with E-state index in [2.05, 4.69) is 5.32 Å². The van der Waals surface area contributed by atoms with Crippen LogP contribution in [0.2, 0.25) is 0 Å². The summed E-state index contributed by atoms with van der Waals surface area (Å²) in [5, 5.41) is 2.93. The van der Waals surface area contributed by atoms with Crippen LogP contribution in [0, 0.1) is 0 Å². The number of hydrogen-bond acceptors (Lipinski definition) is 4. The van der Waals surface area contributed by atoms with Crippen molar-refractivity contribution in [3.8, 4) is 5.75 Å². The van der Waals surface area contributed by atoms with Crippen molar-refractivity contribution in [1.82, 2.24) is 14.8 Å². The number of benzene rings is 1. The van der Waals surface area contributed by atoms with Gasteiger partial charge < -0.3 is 24.3 Å². The van der Waals surface area contributed by atoms with Crippen LogP contribution in [0.15, 0.2) is 42.6 Å². The number of nitrogens with one attached hydrogen (secondary N) is 1. The van der Waals surface area contributed by atoms with E-state index in [0.717, 1.165) is 0 Å². The van der Waals surface area contributed by atoms with Crippen LogP contribution in [0.5, 0.6) is 5.75 Å². The van der Waals surface area contributed by atoms with Crippen LogP contribution >= 0.6 is 0 Å². The quantitative estimate of drug-likeness (QED) is 0.813. The molecule has 7 heteroatoms. The first-order valence-electron chi connectivity index (χ1n) is 8.52. The molecule has 0 saturated carbocycles. The second-order valence-electron chi connectivity index (χ2n) is 6.10. The molecule has 1 atom stereocenters. The van der Waals surface area contributed by atoms with E-state index in [9.17, 15) is 9.59 Å². The van der Waals surface area contributed by atoms with E-state index in [1.807, 2.05) is 29.0 Å². The van der Waals surface area contributed by atoms with Crippen molar-refractivity contribution in [2.75, 3.05) is 33.9 Å². The molecule has 26 heavy (non-hydrogen) atoms. The van der Waals surface area contributed by atoms with Gasteiger partial charge in [-0.05, 0) is 24.3 Å². The zero-order valence-corrected chi connectivity index (χ0v) is 15.0. The summed E-state index contributed by atoms with van der Waals surface area (Å²) in [7, 11) is 3.14. The first kappa shape index (κ1) is 18.0. The Morgan fingerprint density at radius 3 is 2.81 bits per heavy atom. The third kappa shape index (κ3) is 3.57. The van der Waals surface area contributed by atoms with Gasteiger partial charge in [-0.15, -0.1) is 0 Å². The zero-order chi connectivity index (χ0) is 18.5. The predicted molar refractivity (Wildman–Crippen MR) is 96.5 cm³/mol. The second-order valence-corrected chi connectivity index (χ2v) is 6.10. The predicted octanol–water partition coefficient (Wildman–Crippen LogP) is 1.40. The fourth-order valence-electron chi connectivity index (χ4n) is 3.19. The lowest BCUT2D eigenvalue weighted by Gasteiger charge is -2.36. The highest BCUT2D eigenvalue weighted by atomic mass is 16.5. The Bertz CT molecular complexity index is 787. The van der Waals surface area contributed by atoms with Crippen LogP contribution in [0.25, 0.3) is 0 Å². The number of hydrogen-bond donors (Lipinski definition) is 1. The van der Waals surface area contributed by atoms with Crippen molar-refractivity contribution >= 4 is 11.8 Å². The maximum atomic E-state index is 12.7. The molecule has 0 radical (unpaired) electrons. The molecule has 2 amide bonds. The zero-order valence-electron chi connectivity index (χ0n) is 15.0. The van der Waals surface area contributed by atoms with Gasteiger partial charge >= 0.3 is 0 Å². The van der Waals surface area contributed by atoms with Gasteiger partial charge in [0.2, 0.25) is 0 Å². The van der Waals surface area contributed by atoms with Crippen LogP contribution in [-0.2, 0) is 11.3 Å². The van der Waals surface area contributed by atoms with Gasteiger partial charge in [0.05, 0.1) is 25.3 Å². The molecule has 0 fully saturated rings. The van der Waals surface area contributed by atoms with Crippen molar-refractivity contribution in [3.05, 3.63) is 53.9 Å². The number of ether oxygens (including phenoxy) is 2. The SMILES string of the molecule is COCCN1C(=O)c2cccn2CC1CNC(=O)c1ccccc1OC. The summed E-state index contributed by atoms with van der Waals surface area (Å²) in [4.78, 5) is 27.0. The lowest BCUT2D eigenvalue weighted by atomic mass is 10.1. The normalized spacial score (nSPS) is 16.3. The highest BCUT2D eigenvalue weighted by Gasteiger charge is 2.32. The van der Waals surface area contributed by atoms with Gasteiger partial charge in [0, 0.05) is 32.9 Å². The molecule has 3 rings (SSSR count). The fraction of sp³-hybridized carbons (Fsp3) is 0.368. The van der Waals surface area contributed by atoms with E-state index in [4.69, 9.17) is 9.47 Å². The monoisotopic (exact) mass is 357 g/mol. The van der Waals surface area contributed by atoms with Crippen molar-refractivity contribution in [2.24, 2.45) is 0 Å². The van der Waals surface area contributed by atoms with Crippen LogP contribution in [-0.4, -0.2) is 61.2 Å². The summed E-state index contributed by atoms with van der Waals surface area (Å²) in [6.07, 6.45) is 1.88. The number of fused-ring (bicyclic) bond motifs is 1. The number of amides is 2. The smallest absolute Gasteiger partial charge is 0.270 e. The minimum absolute atomic E-state index is 0.0464. The number of para-hydroxylation sites is 1.